The molecular formula is C22H38N2O2. The molecule has 0 bridgehead atoms. The number of ether oxygens (including phenoxy) is 2. The molecule has 4 nitrogen and oxygen atoms in total. The number of rotatable bonds is 4. The predicted octanol–water partition coefficient (Wildman–Crippen LogP) is 3.68. The molecule has 1 aromatic rings. The van der Waals surface area contributed by atoms with Crippen molar-refractivity contribution in [3.05, 3.63) is 34.9 Å². The number of hydrogen-bond donors (Lipinski definition) is 0. The fourth-order valence-electron chi connectivity index (χ4n) is 3.35. The number of nitrogens with zero attached hydrogens (tertiary/aromatic N) is 2. The summed E-state index contributed by atoms with van der Waals surface area (Å²) in [5.41, 5.74) is 4.31. The summed E-state index contributed by atoms with van der Waals surface area (Å²) < 4.78 is 10.6. The van der Waals surface area contributed by atoms with Gasteiger partial charge in [-0.15, -0.1) is 0 Å². The van der Waals surface area contributed by atoms with Crippen LogP contribution in [0.5, 0.6) is 0 Å². The van der Waals surface area contributed by atoms with E-state index in [0.29, 0.717) is 12.0 Å². The zero-order valence-electron chi connectivity index (χ0n) is 17.5. The molecule has 0 amide bonds. The van der Waals surface area contributed by atoms with Gasteiger partial charge in [-0.3, -0.25) is 9.80 Å². The van der Waals surface area contributed by atoms with Crippen LogP contribution < -0.4 is 0 Å². The summed E-state index contributed by atoms with van der Waals surface area (Å²) in [5.74, 6) is 0.617. The van der Waals surface area contributed by atoms with Crippen LogP contribution in [0, 0.1) is 6.92 Å². The molecule has 2 aliphatic heterocycles. The van der Waals surface area contributed by atoms with E-state index in [-0.39, 0.29) is 0 Å². The fraction of sp³-hybridized carbons (Fsp3) is 0.727. The standard InChI is InChI=1S/C15H23NO.C7H15NO/c1-12(2)14-4-5-15(13(3)10-14)11-16-6-8-17-9-7-16;1-7(2)8-3-5-9-6-4-8/h4-5,10,12H,6-9,11H2,1-3H3;7H,3-6H2,1-2H3. The van der Waals surface area contributed by atoms with Crippen LogP contribution in [0.15, 0.2) is 18.2 Å². The Balaban J connectivity index is 0.000000228. The van der Waals surface area contributed by atoms with Crippen LogP contribution in [-0.4, -0.2) is 68.4 Å². The summed E-state index contributed by atoms with van der Waals surface area (Å²) in [6, 6.07) is 7.59. The van der Waals surface area contributed by atoms with Crippen LogP contribution in [0.4, 0.5) is 0 Å². The average molecular weight is 363 g/mol. The van der Waals surface area contributed by atoms with E-state index in [1.165, 1.54) is 16.7 Å². The molecule has 2 aliphatic rings. The summed E-state index contributed by atoms with van der Waals surface area (Å²) in [4.78, 5) is 4.91. The van der Waals surface area contributed by atoms with Gasteiger partial charge in [0.05, 0.1) is 26.4 Å². The summed E-state index contributed by atoms with van der Waals surface area (Å²) in [7, 11) is 0. The van der Waals surface area contributed by atoms with Crippen molar-refractivity contribution in [2.45, 2.75) is 53.1 Å². The average Bonchev–Trinajstić information content (AvgIpc) is 2.65. The molecule has 2 fully saturated rings. The monoisotopic (exact) mass is 362 g/mol. The normalized spacial score (nSPS) is 19.5. The van der Waals surface area contributed by atoms with Crippen molar-refractivity contribution in [3.8, 4) is 0 Å². The van der Waals surface area contributed by atoms with E-state index in [0.717, 1.165) is 59.2 Å². The first-order chi connectivity index (χ1) is 12.5. The molecule has 1 aromatic carbocycles. The second kappa shape index (κ2) is 11.0. The maximum atomic E-state index is 5.38. The topological polar surface area (TPSA) is 24.9 Å². The SMILES string of the molecule is CC(C)N1CCOCC1.Cc1cc(C(C)C)ccc1CN1CCOCC1. The Labute approximate surface area is 160 Å². The Morgan fingerprint density at radius 2 is 1.46 bits per heavy atom. The molecule has 0 aliphatic carbocycles. The van der Waals surface area contributed by atoms with Gasteiger partial charge in [0, 0.05) is 38.8 Å². The van der Waals surface area contributed by atoms with E-state index in [1.54, 1.807) is 0 Å². The quantitative estimate of drug-likeness (QED) is 0.816. The Bertz CT molecular complexity index is 519. The van der Waals surface area contributed by atoms with E-state index in [1.807, 2.05) is 0 Å². The highest BCUT2D eigenvalue weighted by atomic mass is 16.5. The van der Waals surface area contributed by atoms with E-state index in [4.69, 9.17) is 9.47 Å². The first-order valence-electron chi connectivity index (χ1n) is 10.2. The lowest BCUT2D eigenvalue weighted by Gasteiger charge is -2.29. The zero-order chi connectivity index (χ0) is 18.9. The predicted molar refractivity (Wildman–Crippen MR) is 109 cm³/mol. The highest BCUT2D eigenvalue weighted by molar-refractivity contribution is 5.32. The van der Waals surface area contributed by atoms with Crippen molar-refractivity contribution in [3.63, 3.8) is 0 Å². The second-order valence-electron chi connectivity index (χ2n) is 7.97. The van der Waals surface area contributed by atoms with Gasteiger partial charge in [-0.05, 0) is 43.4 Å². The molecular weight excluding hydrogens is 324 g/mol. The first-order valence-corrected chi connectivity index (χ1v) is 10.2. The summed E-state index contributed by atoms with van der Waals surface area (Å²) in [6.07, 6.45) is 0. The van der Waals surface area contributed by atoms with Gasteiger partial charge in [0.25, 0.3) is 0 Å². The van der Waals surface area contributed by atoms with Gasteiger partial charge in [0.15, 0.2) is 0 Å². The number of morpholine rings is 2. The van der Waals surface area contributed by atoms with Gasteiger partial charge in [-0.1, -0.05) is 32.0 Å². The van der Waals surface area contributed by atoms with E-state index >= 15 is 0 Å². The minimum atomic E-state index is 0.617. The zero-order valence-corrected chi connectivity index (χ0v) is 17.5. The molecule has 4 heteroatoms. The Morgan fingerprint density at radius 1 is 0.885 bits per heavy atom. The van der Waals surface area contributed by atoms with Gasteiger partial charge in [-0.25, -0.2) is 0 Å². The van der Waals surface area contributed by atoms with Crippen LogP contribution in [0.1, 0.15) is 50.3 Å². The largest absolute Gasteiger partial charge is 0.379 e. The van der Waals surface area contributed by atoms with E-state index in [9.17, 15) is 0 Å². The molecule has 0 unspecified atom stereocenters. The van der Waals surface area contributed by atoms with Crippen LogP contribution in [0.2, 0.25) is 0 Å². The highest BCUT2D eigenvalue weighted by Crippen LogP contribution is 2.19. The molecule has 0 atom stereocenters. The minimum absolute atomic E-state index is 0.617. The van der Waals surface area contributed by atoms with Crippen LogP contribution >= 0.6 is 0 Å². The number of benzene rings is 1. The molecule has 0 N–H and O–H groups in total. The smallest absolute Gasteiger partial charge is 0.0594 e. The molecule has 26 heavy (non-hydrogen) atoms. The molecule has 0 spiro atoms. The van der Waals surface area contributed by atoms with Gasteiger partial charge in [-0.2, -0.15) is 0 Å². The molecule has 0 radical (unpaired) electrons. The summed E-state index contributed by atoms with van der Waals surface area (Å²) >= 11 is 0. The Hall–Kier alpha value is -0.940. The Kier molecular flexibility index (Phi) is 9.06. The molecule has 148 valence electrons. The summed E-state index contributed by atoms with van der Waals surface area (Å²) in [5, 5.41) is 0. The van der Waals surface area contributed by atoms with Gasteiger partial charge < -0.3 is 9.47 Å². The lowest BCUT2D eigenvalue weighted by molar-refractivity contribution is 0.0238. The minimum Gasteiger partial charge on any atom is -0.379 e. The van der Waals surface area contributed by atoms with Crippen molar-refractivity contribution in [1.82, 2.24) is 9.80 Å². The van der Waals surface area contributed by atoms with Crippen LogP contribution in [0.25, 0.3) is 0 Å². The van der Waals surface area contributed by atoms with Crippen molar-refractivity contribution in [2.24, 2.45) is 0 Å². The summed E-state index contributed by atoms with van der Waals surface area (Å²) in [6.45, 7) is 20.2. The fourth-order valence-corrected chi connectivity index (χ4v) is 3.35. The van der Waals surface area contributed by atoms with Crippen LogP contribution in [0.3, 0.4) is 0 Å². The lowest BCUT2D eigenvalue weighted by atomic mass is 9.98. The van der Waals surface area contributed by atoms with Crippen molar-refractivity contribution in [1.29, 1.82) is 0 Å². The lowest BCUT2D eigenvalue weighted by Crippen LogP contribution is -2.40. The maximum absolute atomic E-state index is 5.38. The van der Waals surface area contributed by atoms with Crippen molar-refractivity contribution in [2.75, 3.05) is 52.6 Å². The molecule has 2 saturated heterocycles. The van der Waals surface area contributed by atoms with Crippen molar-refractivity contribution >= 4 is 0 Å². The van der Waals surface area contributed by atoms with E-state index < -0.39 is 0 Å². The van der Waals surface area contributed by atoms with E-state index in [2.05, 4.69) is 62.6 Å². The third-order valence-electron chi connectivity index (χ3n) is 5.31. The molecule has 0 aromatic heterocycles. The number of hydrogen-bond acceptors (Lipinski definition) is 4. The highest BCUT2D eigenvalue weighted by Gasteiger charge is 2.13. The second-order valence-corrected chi connectivity index (χ2v) is 7.97. The molecule has 0 saturated carbocycles. The van der Waals surface area contributed by atoms with Gasteiger partial charge >= 0.3 is 0 Å². The number of aryl methyl sites for hydroxylation is 1. The maximum Gasteiger partial charge on any atom is 0.0594 e. The molecule has 3 rings (SSSR count). The van der Waals surface area contributed by atoms with Crippen molar-refractivity contribution < 1.29 is 9.47 Å². The third-order valence-corrected chi connectivity index (χ3v) is 5.31. The Morgan fingerprint density at radius 3 is 1.92 bits per heavy atom. The van der Waals surface area contributed by atoms with Crippen LogP contribution in [-0.2, 0) is 16.0 Å². The first kappa shape index (κ1) is 21.4. The van der Waals surface area contributed by atoms with Gasteiger partial charge in [0.1, 0.15) is 0 Å². The molecule has 2 heterocycles. The third kappa shape index (κ3) is 6.99. The van der Waals surface area contributed by atoms with Gasteiger partial charge in [0.2, 0.25) is 0 Å².